The van der Waals surface area contributed by atoms with E-state index in [4.69, 9.17) is 4.74 Å². The zero-order valence-electron chi connectivity index (χ0n) is 10.8. The number of methoxy groups -OCH3 is 1. The molecule has 0 unspecified atom stereocenters. The van der Waals surface area contributed by atoms with Gasteiger partial charge in [0.1, 0.15) is 5.82 Å². The van der Waals surface area contributed by atoms with Gasteiger partial charge in [-0.3, -0.25) is 0 Å². The molecule has 0 saturated heterocycles. The van der Waals surface area contributed by atoms with Gasteiger partial charge >= 0.3 is 0 Å². The highest BCUT2D eigenvalue weighted by Gasteiger charge is 2.08. The van der Waals surface area contributed by atoms with Crippen molar-refractivity contribution in [2.45, 2.75) is 6.54 Å². The van der Waals surface area contributed by atoms with Crippen molar-refractivity contribution in [2.24, 2.45) is 0 Å². The summed E-state index contributed by atoms with van der Waals surface area (Å²) in [4.78, 5) is 0. The summed E-state index contributed by atoms with van der Waals surface area (Å²) in [5.41, 5.74) is 1.84. The van der Waals surface area contributed by atoms with E-state index in [2.05, 4.69) is 5.32 Å². The first-order valence-electron chi connectivity index (χ1n) is 5.92. The van der Waals surface area contributed by atoms with E-state index in [0.717, 1.165) is 0 Å². The van der Waals surface area contributed by atoms with E-state index < -0.39 is 5.82 Å². The number of hydrogen-bond donors (Lipinski definition) is 1. The van der Waals surface area contributed by atoms with Gasteiger partial charge in [-0.2, -0.15) is 0 Å². The van der Waals surface area contributed by atoms with Crippen LogP contribution >= 0.6 is 0 Å². The zero-order chi connectivity index (χ0) is 13.8. The van der Waals surface area contributed by atoms with Gasteiger partial charge in [0.2, 0.25) is 0 Å². The molecular weight excluding hydrogens is 248 g/mol. The molecule has 0 aliphatic carbocycles. The molecule has 0 amide bonds. The second kappa shape index (κ2) is 5.80. The molecule has 0 aromatic heterocycles. The molecule has 0 atom stereocenters. The van der Waals surface area contributed by atoms with E-state index in [1.54, 1.807) is 25.2 Å². The molecule has 2 aromatic carbocycles. The van der Waals surface area contributed by atoms with Gasteiger partial charge in [0.15, 0.2) is 11.6 Å². The van der Waals surface area contributed by atoms with Crippen LogP contribution in [-0.2, 0) is 6.54 Å². The first kappa shape index (κ1) is 13.5. The van der Waals surface area contributed by atoms with Gasteiger partial charge in [-0.05, 0) is 36.4 Å². The highest BCUT2D eigenvalue weighted by molar-refractivity contribution is 5.65. The predicted octanol–water partition coefficient (Wildman–Crippen LogP) is 3.36. The third kappa shape index (κ3) is 2.90. The Morgan fingerprint density at radius 2 is 1.63 bits per heavy atom. The Morgan fingerprint density at radius 3 is 2.16 bits per heavy atom. The average Bonchev–Trinajstić information content (AvgIpc) is 2.41. The number of rotatable bonds is 4. The first-order valence-corrected chi connectivity index (χ1v) is 5.92. The Hall–Kier alpha value is -1.94. The standard InChI is InChI=1S/C15H15F2NO/c1-18-9-12-4-3-10(7-13(12)16)11-5-6-15(19-2)14(17)8-11/h3-8,18H,9H2,1-2H3. The van der Waals surface area contributed by atoms with Crippen LogP contribution in [0.1, 0.15) is 5.56 Å². The molecule has 0 heterocycles. The number of nitrogens with one attached hydrogen (secondary N) is 1. The van der Waals surface area contributed by atoms with Crippen LogP contribution in [0.15, 0.2) is 36.4 Å². The van der Waals surface area contributed by atoms with E-state index in [1.165, 1.54) is 25.3 Å². The monoisotopic (exact) mass is 263 g/mol. The molecule has 0 bridgehead atoms. The smallest absolute Gasteiger partial charge is 0.165 e. The number of ether oxygens (including phenoxy) is 1. The van der Waals surface area contributed by atoms with Gasteiger partial charge in [-0.25, -0.2) is 8.78 Å². The third-order valence-electron chi connectivity index (χ3n) is 2.91. The Bertz CT molecular complexity index is 584. The Morgan fingerprint density at radius 1 is 1.00 bits per heavy atom. The van der Waals surface area contributed by atoms with Crippen molar-refractivity contribution in [3.63, 3.8) is 0 Å². The molecule has 0 aliphatic rings. The molecule has 0 radical (unpaired) electrons. The molecule has 100 valence electrons. The highest BCUT2D eigenvalue weighted by atomic mass is 19.1. The fourth-order valence-corrected chi connectivity index (χ4v) is 1.91. The van der Waals surface area contributed by atoms with Crippen molar-refractivity contribution in [2.75, 3.05) is 14.2 Å². The van der Waals surface area contributed by atoms with Crippen molar-refractivity contribution in [1.29, 1.82) is 0 Å². The van der Waals surface area contributed by atoms with Crippen LogP contribution in [0.3, 0.4) is 0 Å². The Balaban J connectivity index is 2.36. The number of hydrogen-bond acceptors (Lipinski definition) is 2. The van der Waals surface area contributed by atoms with Crippen molar-refractivity contribution in [1.82, 2.24) is 5.32 Å². The number of benzene rings is 2. The molecule has 19 heavy (non-hydrogen) atoms. The lowest BCUT2D eigenvalue weighted by Gasteiger charge is -2.08. The minimum atomic E-state index is -0.459. The maximum Gasteiger partial charge on any atom is 0.165 e. The van der Waals surface area contributed by atoms with E-state index in [9.17, 15) is 8.78 Å². The summed E-state index contributed by atoms with van der Waals surface area (Å²) in [6, 6.07) is 9.46. The fraction of sp³-hybridized carbons (Fsp3) is 0.200. The molecule has 2 aromatic rings. The van der Waals surface area contributed by atoms with Crippen LogP contribution in [0.25, 0.3) is 11.1 Å². The van der Waals surface area contributed by atoms with Gasteiger partial charge in [0, 0.05) is 12.1 Å². The SMILES string of the molecule is CNCc1ccc(-c2ccc(OC)c(F)c2)cc1F. The maximum atomic E-state index is 13.8. The van der Waals surface area contributed by atoms with Gasteiger partial charge < -0.3 is 10.1 Å². The van der Waals surface area contributed by atoms with Crippen LogP contribution in [0.5, 0.6) is 5.75 Å². The zero-order valence-corrected chi connectivity index (χ0v) is 10.8. The van der Waals surface area contributed by atoms with E-state index in [0.29, 0.717) is 23.2 Å². The van der Waals surface area contributed by atoms with Crippen LogP contribution in [0.4, 0.5) is 8.78 Å². The molecule has 0 saturated carbocycles. The van der Waals surface area contributed by atoms with Crippen LogP contribution < -0.4 is 10.1 Å². The van der Waals surface area contributed by atoms with Gasteiger partial charge in [0.05, 0.1) is 7.11 Å². The summed E-state index contributed by atoms with van der Waals surface area (Å²) in [7, 11) is 3.16. The van der Waals surface area contributed by atoms with Crippen molar-refractivity contribution < 1.29 is 13.5 Å². The number of halogens is 2. The maximum absolute atomic E-state index is 13.8. The molecule has 0 spiro atoms. The van der Waals surface area contributed by atoms with Crippen molar-refractivity contribution in [3.8, 4) is 16.9 Å². The second-order valence-electron chi connectivity index (χ2n) is 4.19. The van der Waals surface area contributed by atoms with E-state index in [1.807, 2.05) is 0 Å². The summed E-state index contributed by atoms with van der Waals surface area (Å²) >= 11 is 0. The fourth-order valence-electron chi connectivity index (χ4n) is 1.91. The predicted molar refractivity (Wildman–Crippen MR) is 71.1 cm³/mol. The summed E-state index contributed by atoms with van der Waals surface area (Å²) in [5, 5.41) is 2.89. The normalized spacial score (nSPS) is 10.5. The summed E-state index contributed by atoms with van der Waals surface area (Å²) < 4.78 is 32.3. The first-order chi connectivity index (χ1) is 9.15. The molecule has 0 aliphatic heterocycles. The summed E-state index contributed by atoms with van der Waals surface area (Å²) in [6.45, 7) is 0.461. The Labute approximate surface area is 111 Å². The molecule has 2 rings (SSSR count). The largest absolute Gasteiger partial charge is 0.494 e. The average molecular weight is 263 g/mol. The quantitative estimate of drug-likeness (QED) is 0.913. The van der Waals surface area contributed by atoms with Crippen molar-refractivity contribution >= 4 is 0 Å². The highest BCUT2D eigenvalue weighted by Crippen LogP contribution is 2.26. The van der Waals surface area contributed by atoms with Crippen molar-refractivity contribution in [3.05, 3.63) is 53.6 Å². The van der Waals surface area contributed by atoms with Gasteiger partial charge in [-0.1, -0.05) is 18.2 Å². The molecule has 1 N–H and O–H groups in total. The van der Waals surface area contributed by atoms with Gasteiger partial charge in [-0.15, -0.1) is 0 Å². The summed E-state index contributed by atoms with van der Waals surface area (Å²) in [5.74, 6) is -0.584. The van der Waals surface area contributed by atoms with Gasteiger partial charge in [0.25, 0.3) is 0 Å². The molecule has 2 nitrogen and oxygen atoms in total. The topological polar surface area (TPSA) is 21.3 Å². The minimum Gasteiger partial charge on any atom is -0.494 e. The minimum absolute atomic E-state index is 0.177. The lowest BCUT2D eigenvalue weighted by molar-refractivity contribution is 0.386. The molecule has 0 fully saturated rings. The molecular formula is C15H15F2NO. The lowest BCUT2D eigenvalue weighted by Crippen LogP contribution is -2.06. The molecule has 4 heteroatoms. The van der Waals surface area contributed by atoms with E-state index >= 15 is 0 Å². The third-order valence-corrected chi connectivity index (χ3v) is 2.91. The van der Waals surface area contributed by atoms with Crippen LogP contribution in [-0.4, -0.2) is 14.2 Å². The Kier molecular flexibility index (Phi) is 4.12. The van der Waals surface area contributed by atoms with Crippen LogP contribution in [0, 0.1) is 11.6 Å². The second-order valence-corrected chi connectivity index (χ2v) is 4.19. The van der Waals surface area contributed by atoms with Crippen LogP contribution in [0.2, 0.25) is 0 Å². The lowest BCUT2D eigenvalue weighted by atomic mass is 10.0. The van der Waals surface area contributed by atoms with E-state index in [-0.39, 0.29) is 11.6 Å². The summed E-state index contributed by atoms with van der Waals surface area (Å²) in [6.07, 6.45) is 0.